The Morgan fingerprint density at radius 2 is 2.19 bits per heavy atom. The number of carbonyl (C=O) groups excluding carboxylic acids is 1. The first-order chi connectivity index (χ1) is 10.2. The molecule has 1 aromatic carbocycles. The maximum absolute atomic E-state index is 11.5. The molecular formula is C17H20N2OS. The Hall–Kier alpha value is -1.68. The molecule has 0 aliphatic carbocycles. The second kappa shape index (κ2) is 6.39. The molecule has 0 unspecified atom stereocenters. The van der Waals surface area contributed by atoms with Crippen LogP contribution in [0.4, 0.5) is 0 Å². The van der Waals surface area contributed by atoms with E-state index in [4.69, 9.17) is 4.98 Å². The van der Waals surface area contributed by atoms with Gasteiger partial charge in [-0.15, -0.1) is 11.3 Å². The van der Waals surface area contributed by atoms with Crippen LogP contribution >= 0.6 is 11.3 Å². The largest absolute Gasteiger partial charge is 0.342 e. The molecule has 0 bridgehead atoms. The minimum Gasteiger partial charge on any atom is -0.342 e. The average molecular weight is 300 g/mol. The Kier molecular flexibility index (Phi) is 4.34. The molecule has 21 heavy (non-hydrogen) atoms. The van der Waals surface area contributed by atoms with Crippen molar-refractivity contribution in [3.8, 4) is 0 Å². The smallest absolute Gasteiger partial charge is 0.219 e. The summed E-state index contributed by atoms with van der Waals surface area (Å²) in [6.07, 6.45) is 3.11. The van der Waals surface area contributed by atoms with Crippen molar-refractivity contribution in [1.82, 2.24) is 9.88 Å². The summed E-state index contributed by atoms with van der Waals surface area (Å²) in [6.45, 7) is 3.38. The lowest BCUT2D eigenvalue weighted by Crippen LogP contribution is -2.37. The van der Waals surface area contributed by atoms with Crippen LogP contribution in [0.2, 0.25) is 0 Å². The molecule has 0 saturated carbocycles. The number of nitrogens with zero attached hydrogens (tertiary/aromatic N) is 2. The lowest BCUT2D eigenvalue weighted by atomic mass is 9.98. The monoisotopic (exact) mass is 300 g/mol. The summed E-state index contributed by atoms with van der Waals surface area (Å²) in [7, 11) is 0. The molecule has 110 valence electrons. The molecule has 1 aliphatic heterocycles. The van der Waals surface area contributed by atoms with Crippen molar-refractivity contribution >= 4 is 17.2 Å². The number of likely N-dealkylation sites (tertiary alicyclic amines) is 1. The molecule has 2 heterocycles. The first kappa shape index (κ1) is 14.3. The summed E-state index contributed by atoms with van der Waals surface area (Å²) in [5.74, 6) is 0.595. The Bertz CT molecular complexity index is 608. The van der Waals surface area contributed by atoms with Crippen molar-refractivity contribution in [3.05, 3.63) is 52.0 Å². The first-order valence-electron chi connectivity index (χ1n) is 7.46. The van der Waals surface area contributed by atoms with Gasteiger partial charge in [0.15, 0.2) is 0 Å². The Labute approximate surface area is 129 Å². The predicted molar refractivity (Wildman–Crippen MR) is 85.6 cm³/mol. The molecule has 2 aromatic rings. The highest BCUT2D eigenvalue weighted by Gasteiger charge is 2.24. The summed E-state index contributed by atoms with van der Waals surface area (Å²) < 4.78 is 0. The number of aromatic nitrogens is 1. The predicted octanol–water partition coefficient (Wildman–Crippen LogP) is 3.46. The number of piperidine rings is 1. The lowest BCUT2D eigenvalue weighted by Gasteiger charge is -2.30. The first-order valence-corrected chi connectivity index (χ1v) is 8.34. The van der Waals surface area contributed by atoms with Crippen LogP contribution in [0.3, 0.4) is 0 Å². The molecule has 3 nitrogen and oxygen atoms in total. The van der Waals surface area contributed by atoms with Crippen molar-refractivity contribution in [2.24, 2.45) is 0 Å². The maximum Gasteiger partial charge on any atom is 0.219 e. The summed E-state index contributed by atoms with van der Waals surface area (Å²) in [5.41, 5.74) is 2.43. The van der Waals surface area contributed by atoms with E-state index in [0.717, 1.165) is 38.0 Å². The van der Waals surface area contributed by atoms with Gasteiger partial charge in [-0.2, -0.15) is 0 Å². The van der Waals surface area contributed by atoms with Crippen molar-refractivity contribution in [1.29, 1.82) is 0 Å². The van der Waals surface area contributed by atoms with E-state index in [0.29, 0.717) is 5.92 Å². The Balaban J connectivity index is 1.68. The second-order valence-corrected chi connectivity index (χ2v) is 6.53. The van der Waals surface area contributed by atoms with E-state index >= 15 is 0 Å². The number of benzene rings is 1. The highest BCUT2D eigenvalue weighted by Crippen LogP contribution is 2.29. The van der Waals surface area contributed by atoms with Gasteiger partial charge >= 0.3 is 0 Å². The highest BCUT2D eigenvalue weighted by molar-refractivity contribution is 7.09. The van der Waals surface area contributed by atoms with Crippen LogP contribution in [-0.4, -0.2) is 28.9 Å². The van der Waals surface area contributed by atoms with Gasteiger partial charge in [0.1, 0.15) is 0 Å². The van der Waals surface area contributed by atoms with E-state index in [1.54, 1.807) is 18.3 Å². The molecule has 1 atom stereocenters. The van der Waals surface area contributed by atoms with E-state index in [1.165, 1.54) is 10.6 Å². The third-order valence-corrected chi connectivity index (χ3v) is 5.07. The molecule has 0 N–H and O–H groups in total. The molecule has 1 aromatic heterocycles. The van der Waals surface area contributed by atoms with E-state index in [2.05, 4.69) is 29.6 Å². The minimum atomic E-state index is 0.181. The molecule has 0 radical (unpaired) electrons. The Morgan fingerprint density at radius 3 is 2.95 bits per heavy atom. The zero-order valence-electron chi connectivity index (χ0n) is 12.3. The van der Waals surface area contributed by atoms with Crippen LogP contribution < -0.4 is 0 Å². The van der Waals surface area contributed by atoms with Crippen molar-refractivity contribution in [2.45, 2.75) is 32.1 Å². The van der Waals surface area contributed by atoms with Gasteiger partial charge in [0.05, 0.1) is 10.7 Å². The van der Waals surface area contributed by atoms with Crippen LogP contribution in [0.25, 0.3) is 0 Å². The van der Waals surface area contributed by atoms with Crippen molar-refractivity contribution < 1.29 is 4.79 Å². The number of hydrogen-bond donors (Lipinski definition) is 0. The molecule has 1 amide bonds. The second-order valence-electron chi connectivity index (χ2n) is 5.64. The number of carbonyl (C=O) groups is 1. The number of amides is 1. The third kappa shape index (κ3) is 3.50. The normalized spacial score (nSPS) is 18.7. The summed E-state index contributed by atoms with van der Waals surface area (Å²) in [6, 6.07) is 10.4. The van der Waals surface area contributed by atoms with E-state index in [9.17, 15) is 4.79 Å². The van der Waals surface area contributed by atoms with Gasteiger partial charge in [0.25, 0.3) is 0 Å². The minimum absolute atomic E-state index is 0.181. The number of thiazole rings is 1. The quantitative estimate of drug-likeness (QED) is 0.869. The fraction of sp³-hybridized carbons (Fsp3) is 0.412. The number of rotatable bonds is 3. The fourth-order valence-electron chi connectivity index (χ4n) is 2.86. The van der Waals surface area contributed by atoms with Crippen LogP contribution in [0, 0.1) is 0 Å². The van der Waals surface area contributed by atoms with Crippen LogP contribution in [0.5, 0.6) is 0 Å². The van der Waals surface area contributed by atoms with Crippen LogP contribution in [-0.2, 0) is 11.2 Å². The van der Waals surface area contributed by atoms with Crippen LogP contribution in [0.1, 0.15) is 41.9 Å². The van der Waals surface area contributed by atoms with Gasteiger partial charge in [-0.25, -0.2) is 4.98 Å². The Morgan fingerprint density at radius 1 is 1.38 bits per heavy atom. The summed E-state index contributed by atoms with van der Waals surface area (Å²) in [4.78, 5) is 18.3. The van der Waals surface area contributed by atoms with Crippen molar-refractivity contribution in [3.63, 3.8) is 0 Å². The molecule has 0 spiro atoms. The molecule has 1 saturated heterocycles. The zero-order chi connectivity index (χ0) is 14.7. The molecule has 4 heteroatoms. The number of hydrogen-bond acceptors (Lipinski definition) is 3. The zero-order valence-corrected chi connectivity index (χ0v) is 13.1. The van der Waals surface area contributed by atoms with E-state index in [-0.39, 0.29) is 5.91 Å². The maximum atomic E-state index is 11.5. The third-order valence-electron chi connectivity index (χ3n) is 4.01. The standard InChI is InChI=1S/C17H20N2OS/c1-13(20)19-9-5-8-15(11-19)17-18-16(12-21-17)10-14-6-3-2-4-7-14/h2-4,6-7,12,15H,5,8-11H2,1H3/t15-/m1/s1. The molecular weight excluding hydrogens is 280 g/mol. The highest BCUT2D eigenvalue weighted by atomic mass is 32.1. The van der Waals surface area contributed by atoms with Gasteiger partial charge in [-0.05, 0) is 18.4 Å². The fourth-order valence-corrected chi connectivity index (χ4v) is 3.81. The van der Waals surface area contributed by atoms with E-state index in [1.807, 2.05) is 11.0 Å². The van der Waals surface area contributed by atoms with Crippen molar-refractivity contribution in [2.75, 3.05) is 13.1 Å². The average Bonchev–Trinajstić information content (AvgIpc) is 2.97. The van der Waals surface area contributed by atoms with Gasteiger partial charge in [0, 0.05) is 37.7 Å². The molecule has 1 aliphatic rings. The van der Waals surface area contributed by atoms with Gasteiger partial charge in [-0.3, -0.25) is 4.79 Å². The molecule has 1 fully saturated rings. The van der Waals surface area contributed by atoms with Gasteiger partial charge in [0.2, 0.25) is 5.91 Å². The topological polar surface area (TPSA) is 33.2 Å². The lowest BCUT2D eigenvalue weighted by molar-refractivity contribution is -0.130. The SMILES string of the molecule is CC(=O)N1CCC[C@@H](c2nc(Cc3ccccc3)cs2)C1. The van der Waals surface area contributed by atoms with Gasteiger partial charge in [-0.1, -0.05) is 30.3 Å². The van der Waals surface area contributed by atoms with Crippen LogP contribution in [0.15, 0.2) is 35.7 Å². The molecule has 3 rings (SSSR count). The summed E-state index contributed by atoms with van der Waals surface area (Å²) in [5, 5.41) is 3.35. The summed E-state index contributed by atoms with van der Waals surface area (Å²) >= 11 is 1.74. The van der Waals surface area contributed by atoms with Gasteiger partial charge < -0.3 is 4.90 Å². The van der Waals surface area contributed by atoms with E-state index < -0.39 is 0 Å².